The lowest BCUT2D eigenvalue weighted by molar-refractivity contribution is -0.169. The van der Waals surface area contributed by atoms with Crippen molar-refractivity contribution in [1.29, 1.82) is 0 Å². The molecule has 0 bridgehead atoms. The van der Waals surface area contributed by atoms with E-state index in [1.165, 1.54) is 0 Å². The summed E-state index contributed by atoms with van der Waals surface area (Å²) in [5.74, 6) is -0.343. The van der Waals surface area contributed by atoms with E-state index < -0.39 is 5.60 Å². The van der Waals surface area contributed by atoms with E-state index in [2.05, 4.69) is 11.8 Å². The Morgan fingerprint density at radius 2 is 1.63 bits per heavy atom. The Kier molecular flexibility index (Phi) is 6.64. The second-order valence-corrected chi connectivity index (χ2v) is 6.87. The van der Waals surface area contributed by atoms with E-state index in [1.54, 1.807) is 0 Å². The number of nitrogens with zero attached hydrogens (tertiary/aromatic N) is 1. The average molecular weight is 367 g/mol. The SMILES string of the molecule is CCOC(C(=O)OCC1CCCN1CC)(c1ccccc1)c1ccccc1. The summed E-state index contributed by atoms with van der Waals surface area (Å²) in [6.07, 6.45) is 2.23. The fourth-order valence-corrected chi connectivity index (χ4v) is 3.96. The lowest BCUT2D eigenvalue weighted by Crippen LogP contribution is -2.43. The molecule has 2 aromatic rings. The topological polar surface area (TPSA) is 38.8 Å². The van der Waals surface area contributed by atoms with Gasteiger partial charge in [0, 0.05) is 12.6 Å². The normalized spacial score (nSPS) is 17.8. The molecule has 1 atom stereocenters. The van der Waals surface area contributed by atoms with Crippen LogP contribution in [-0.2, 0) is 19.9 Å². The molecule has 1 unspecified atom stereocenters. The van der Waals surface area contributed by atoms with E-state index >= 15 is 0 Å². The van der Waals surface area contributed by atoms with Crippen LogP contribution in [0.3, 0.4) is 0 Å². The number of hydrogen-bond acceptors (Lipinski definition) is 4. The lowest BCUT2D eigenvalue weighted by atomic mass is 9.86. The number of likely N-dealkylation sites (tertiary alicyclic amines) is 1. The van der Waals surface area contributed by atoms with E-state index in [1.807, 2.05) is 67.6 Å². The number of carbonyl (C=O) groups is 1. The monoisotopic (exact) mass is 367 g/mol. The van der Waals surface area contributed by atoms with Crippen molar-refractivity contribution in [3.8, 4) is 0 Å². The Morgan fingerprint density at radius 1 is 1.04 bits per heavy atom. The van der Waals surface area contributed by atoms with Gasteiger partial charge in [-0.1, -0.05) is 67.6 Å². The third-order valence-corrected chi connectivity index (χ3v) is 5.32. The van der Waals surface area contributed by atoms with Crippen LogP contribution in [0.5, 0.6) is 0 Å². The average Bonchev–Trinajstić information content (AvgIpc) is 3.19. The minimum Gasteiger partial charge on any atom is -0.461 e. The first kappa shape index (κ1) is 19.6. The van der Waals surface area contributed by atoms with Crippen molar-refractivity contribution in [2.45, 2.75) is 38.3 Å². The first-order valence-electron chi connectivity index (χ1n) is 9.88. The molecule has 1 aliphatic heterocycles. The zero-order valence-electron chi connectivity index (χ0n) is 16.3. The molecule has 0 aromatic heterocycles. The number of benzene rings is 2. The van der Waals surface area contributed by atoms with Crippen molar-refractivity contribution in [3.63, 3.8) is 0 Å². The fourth-order valence-electron chi connectivity index (χ4n) is 3.96. The molecule has 0 saturated carbocycles. The number of ether oxygens (including phenoxy) is 2. The van der Waals surface area contributed by atoms with Gasteiger partial charge < -0.3 is 9.47 Å². The molecule has 1 heterocycles. The van der Waals surface area contributed by atoms with Gasteiger partial charge in [-0.25, -0.2) is 4.79 Å². The predicted octanol–water partition coefficient (Wildman–Crippen LogP) is 3.99. The van der Waals surface area contributed by atoms with Crippen LogP contribution in [0.25, 0.3) is 0 Å². The van der Waals surface area contributed by atoms with Gasteiger partial charge in [-0.15, -0.1) is 0 Å². The fraction of sp³-hybridized carbons (Fsp3) is 0.435. The molecule has 2 aromatic carbocycles. The molecule has 3 rings (SSSR count). The highest BCUT2D eigenvalue weighted by molar-refractivity contribution is 5.86. The van der Waals surface area contributed by atoms with Gasteiger partial charge in [0.2, 0.25) is 5.60 Å². The molecule has 1 fully saturated rings. The molecule has 0 aliphatic carbocycles. The van der Waals surface area contributed by atoms with Gasteiger partial charge in [-0.2, -0.15) is 0 Å². The van der Waals surface area contributed by atoms with Crippen molar-refractivity contribution in [3.05, 3.63) is 71.8 Å². The van der Waals surface area contributed by atoms with Crippen LogP contribution in [0, 0.1) is 0 Å². The molecule has 1 aliphatic rings. The minimum absolute atomic E-state index is 0.296. The molecular weight excluding hydrogens is 338 g/mol. The van der Waals surface area contributed by atoms with E-state index in [0.29, 0.717) is 19.3 Å². The second kappa shape index (κ2) is 9.16. The minimum atomic E-state index is -1.24. The Bertz CT molecular complexity index is 677. The molecule has 0 radical (unpaired) electrons. The molecular formula is C23H29NO3. The third kappa shape index (κ3) is 4.07. The molecule has 4 nitrogen and oxygen atoms in total. The summed E-state index contributed by atoms with van der Waals surface area (Å²) in [5.41, 5.74) is 0.344. The van der Waals surface area contributed by atoms with Crippen molar-refractivity contribution < 1.29 is 14.3 Å². The van der Waals surface area contributed by atoms with Gasteiger partial charge in [-0.3, -0.25) is 4.90 Å². The number of rotatable bonds is 8. The van der Waals surface area contributed by atoms with Crippen molar-refractivity contribution in [2.24, 2.45) is 0 Å². The van der Waals surface area contributed by atoms with E-state index in [-0.39, 0.29) is 5.97 Å². The van der Waals surface area contributed by atoms with Crippen LogP contribution in [0.15, 0.2) is 60.7 Å². The number of carbonyl (C=O) groups excluding carboxylic acids is 1. The summed E-state index contributed by atoms with van der Waals surface area (Å²) in [4.78, 5) is 15.8. The number of likely N-dealkylation sites (N-methyl/N-ethyl adjacent to an activating group) is 1. The summed E-state index contributed by atoms with van der Waals surface area (Å²) in [7, 11) is 0. The lowest BCUT2D eigenvalue weighted by Gasteiger charge is -2.33. The number of hydrogen-bond donors (Lipinski definition) is 0. The Balaban J connectivity index is 1.92. The smallest absolute Gasteiger partial charge is 0.347 e. The summed E-state index contributed by atoms with van der Waals surface area (Å²) in [6, 6.07) is 19.6. The molecule has 1 saturated heterocycles. The van der Waals surface area contributed by atoms with Crippen LogP contribution in [0.1, 0.15) is 37.8 Å². The van der Waals surface area contributed by atoms with E-state index in [4.69, 9.17) is 9.47 Å². The highest BCUT2D eigenvalue weighted by atomic mass is 16.6. The Morgan fingerprint density at radius 3 is 2.15 bits per heavy atom. The van der Waals surface area contributed by atoms with Crippen molar-refractivity contribution in [2.75, 3.05) is 26.3 Å². The zero-order valence-corrected chi connectivity index (χ0v) is 16.3. The van der Waals surface area contributed by atoms with Crippen LogP contribution in [0.4, 0.5) is 0 Å². The Labute approximate surface area is 162 Å². The molecule has 0 spiro atoms. The summed E-state index contributed by atoms with van der Waals surface area (Å²) in [6.45, 7) is 6.93. The van der Waals surface area contributed by atoms with Gasteiger partial charge in [0.25, 0.3) is 0 Å². The maximum Gasteiger partial charge on any atom is 0.347 e. The van der Waals surface area contributed by atoms with Gasteiger partial charge >= 0.3 is 5.97 Å². The Hall–Kier alpha value is -2.17. The van der Waals surface area contributed by atoms with Crippen LogP contribution in [0.2, 0.25) is 0 Å². The maximum atomic E-state index is 13.4. The van der Waals surface area contributed by atoms with Crippen molar-refractivity contribution in [1.82, 2.24) is 4.90 Å². The number of esters is 1. The van der Waals surface area contributed by atoms with Gasteiger partial charge in [-0.05, 0) is 44.0 Å². The summed E-state index contributed by atoms with van der Waals surface area (Å²) in [5, 5.41) is 0. The molecule has 27 heavy (non-hydrogen) atoms. The first-order valence-corrected chi connectivity index (χ1v) is 9.88. The maximum absolute atomic E-state index is 13.4. The van der Waals surface area contributed by atoms with Gasteiger partial charge in [0.05, 0.1) is 0 Å². The molecule has 4 heteroatoms. The third-order valence-electron chi connectivity index (χ3n) is 5.32. The second-order valence-electron chi connectivity index (χ2n) is 6.87. The standard InChI is InChI=1S/C23H29NO3/c1-3-24-17-11-16-21(24)18-26-22(25)23(27-4-2,19-12-7-5-8-13-19)20-14-9-6-10-15-20/h5-10,12-15,21H,3-4,11,16-18H2,1-2H3. The predicted molar refractivity (Wildman–Crippen MR) is 107 cm³/mol. The van der Waals surface area contributed by atoms with Crippen LogP contribution < -0.4 is 0 Å². The van der Waals surface area contributed by atoms with Gasteiger partial charge in [0.1, 0.15) is 6.61 Å². The quantitative estimate of drug-likeness (QED) is 0.661. The zero-order chi connectivity index (χ0) is 19.1. The highest BCUT2D eigenvalue weighted by Gasteiger charge is 2.45. The molecule has 0 N–H and O–H groups in total. The van der Waals surface area contributed by atoms with Gasteiger partial charge in [0.15, 0.2) is 0 Å². The van der Waals surface area contributed by atoms with E-state index in [9.17, 15) is 4.79 Å². The molecule has 144 valence electrons. The summed E-state index contributed by atoms with van der Waals surface area (Å²) >= 11 is 0. The molecule has 0 amide bonds. The van der Waals surface area contributed by atoms with Crippen molar-refractivity contribution >= 4 is 5.97 Å². The largest absolute Gasteiger partial charge is 0.461 e. The van der Waals surface area contributed by atoms with Crippen LogP contribution >= 0.6 is 0 Å². The first-order chi connectivity index (χ1) is 13.2. The summed E-state index contributed by atoms with van der Waals surface area (Å²) < 4.78 is 12.0. The highest BCUT2D eigenvalue weighted by Crippen LogP contribution is 2.35. The van der Waals surface area contributed by atoms with Crippen LogP contribution in [-0.4, -0.2) is 43.2 Å². The van der Waals surface area contributed by atoms with E-state index in [0.717, 1.165) is 37.1 Å².